The van der Waals surface area contributed by atoms with Crippen molar-refractivity contribution < 1.29 is 29.0 Å². The number of carbonyl (C=O) groups excluding carboxylic acids is 2. The van der Waals surface area contributed by atoms with Gasteiger partial charge in [-0.3, -0.25) is 9.59 Å². The Morgan fingerprint density at radius 3 is 2.52 bits per heavy atom. The molecule has 0 aromatic heterocycles. The molecule has 0 aromatic rings. The molecule has 2 atom stereocenters. The van der Waals surface area contributed by atoms with Gasteiger partial charge in [0.2, 0.25) is 0 Å². The smallest absolute Gasteiger partial charge is 0.320 e. The maximum absolute atomic E-state index is 12.4. The highest BCUT2D eigenvalue weighted by atomic mass is 16.5. The molecule has 1 aliphatic heterocycles. The molecular formula is C13H22N2O6. The zero-order chi connectivity index (χ0) is 16.0. The van der Waals surface area contributed by atoms with Crippen molar-refractivity contribution >= 4 is 18.0 Å². The molecule has 1 rings (SSSR count). The van der Waals surface area contributed by atoms with E-state index < -0.39 is 23.9 Å². The van der Waals surface area contributed by atoms with E-state index in [2.05, 4.69) is 4.74 Å². The van der Waals surface area contributed by atoms with E-state index in [0.717, 1.165) is 0 Å². The molecule has 1 heterocycles. The maximum atomic E-state index is 12.4. The standard InChI is InChI=1S/C13H22N2O6/c1-4-15(10-8-21-7-9(10)12(17)18)13(19)14(2)6-5-11(16)20-3/h9-10H,4-8H2,1-3H3,(H,17,18). The second-order valence-corrected chi connectivity index (χ2v) is 4.87. The number of ether oxygens (including phenoxy) is 2. The van der Waals surface area contributed by atoms with Crippen LogP contribution in [-0.4, -0.2) is 79.4 Å². The first-order valence-electron chi connectivity index (χ1n) is 6.81. The molecule has 0 spiro atoms. The van der Waals surface area contributed by atoms with Crippen LogP contribution in [0, 0.1) is 5.92 Å². The third kappa shape index (κ3) is 4.32. The topological polar surface area (TPSA) is 96.4 Å². The van der Waals surface area contributed by atoms with E-state index in [1.165, 1.54) is 16.9 Å². The third-order valence-corrected chi connectivity index (χ3v) is 3.56. The fourth-order valence-corrected chi connectivity index (χ4v) is 2.27. The van der Waals surface area contributed by atoms with Crippen molar-refractivity contribution in [3.63, 3.8) is 0 Å². The predicted molar refractivity (Wildman–Crippen MR) is 72.8 cm³/mol. The molecule has 0 bridgehead atoms. The van der Waals surface area contributed by atoms with Gasteiger partial charge in [0.25, 0.3) is 0 Å². The molecule has 8 nitrogen and oxygen atoms in total. The van der Waals surface area contributed by atoms with Gasteiger partial charge in [0, 0.05) is 20.1 Å². The first kappa shape index (κ1) is 17.2. The van der Waals surface area contributed by atoms with Crippen molar-refractivity contribution in [3.8, 4) is 0 Å². The van der Waals surface area contributed by atoms with Gasteiger partial charge < -0.3 is 24.4 Å². The number of carboxylic acids is 1. The lowest BCUT2D eigenvalue weighted by molar-refractivity contribution is -0.143. The molecule has 21 heavy (non-hydrogen) atoms. The predicted octanol–water partition coefficient (Wildman–Crippen LogP) is 0.0228. The van der Waals surface area contributed by atoms with Gasteiger partial charge in [0.05, 0.1) is 32.8 Å². The zero-order valence-corrected chi connectivity index (χ0v) is 12.6. The summed E-state index contributed by atoms with van der Waals surface area (Å²) >= 11 is 0. The van der Waals surface area contributed by atoms with Gasteiger partial charge in [-0.15, -0.1) is 0 Å². The molecule has 0 saturated carbocycles. The highest BCUT2D eigenvalue weighted by Gasteiger charge is 2.40. The van der Waals surface area contributed by atoms with Crippen molar-refractivity contribution in [1.29, 1.82) is 0 Å². The molecule has 1 saturated heterocycles. The summed E-state index contributed by atoms with van der Waals surface area (Å²) in [6.07, 6.45) is 0.0970. The summed E-state index contributed by atoms with van der Waals surface area (Å²) in [4.78, 5) is 37.5. The van der Waals surface area contributed by atoms with Crippen LogP contribution in [0.25, 0.3) is 0 Å². The summed E-state index contributed by atoms with van der Waals surface area (Å²) in [5.74, 6) is -2.09. The largest absolute Gasteiger partial charge is 0.481 e. The maximum Gasteiger partial charge on any atom is 0.320 e. The summed E-state index contributed by atoms with van der Waals surface area (Å²) < 4.78 is 9.72. The van der Waals surface area contributed by atoms with E-state index in [4.69, 9.17) is 9.84 Å². The zero-order valence-electron chi connectivity index (χ0n) is 12.6. The fraction of sp³-hybridized carbons (Fsp3) is 0.769. The van der Waals surface area contributed by atoms with E-state index in [1.807, 2.05) is 0 Å². The number of methoxy groups -OCH3 is 1. The highest BCUT2D eigenvalue weighted by Crippen LogP contribution is 2.21. The molecule has 0 aromatic carbocycles. The summed E-state index contributed by atoms with van der Waals surface area (Å²) in [7, 11) is 2.86. The lowest BCUT2D eigenvalue weighted by atomic mass is 10.0. The van der Waals surface area contributed by atoms with Crippen molar-refractivity contribution in [2.24, 2.45) is 5.92 Å². The first-order valence-corrected chi connectivity index (χ1v) is 6.81. The molecule has 1 N–H and O–H groups in total. The Morgan fingerprint density at radius 1 is 1.33 bits per heavy atom. The SMILES string of the molecule is CCN(C(=O)N(C)CCC(=O)OC)C1COCC1C(=O)O. The van der Waals surface area contributed by atoms with E-state index >= 15 is 0 Å². The van der Waals surface area contributed by atoms with Crippen LogP contribution in [-0.2, 0) is 19.1 Å². The second-order valence-electron chi connectivity index (χ2n) is 4.87. The number of carboxylic acid groups (broad SMARTS) is 1. The number of hydrogen-bond donors (Lipinski definition) is 1. The van der Waals surface area contributed by atoms with Crippen molar-refractivity contribution in [2.45, 2.75) is 19.4 Å². The highest BCUT2D eigenvalue weighted by molar-refractivity contribution is 5.78. The Kier molecular flexibility index (Phi) is 6.41. The minimum Gasteiger partial charge on any atom is -0.481 e. The second kappa shape index (κ2) is 7.82. The van der Waals surface area contributed by atoms with Gasteiger partial charge in [0.1, 0.15) is 5.92 Å². The molecule has 2 unspecified atom stereocenters. The number of hydrogen-bond acceptors (Lipinski definition) is 5. The molecule has 8 heteroatoms. The van der Waals surface area contributed by atoms with Crippen LogP contribution in [0.3, 0.4) is 0 Å². The van der Waals surface area contributed by atoms with Crippen molar-refractivity contribution in [2.75, 3.05) is 40.5 Å². The van der Waals surface area contributed by atoms with Crippen LogP contribution in [0.1, 0.15) is 13.3 Å². The Hall–Kier alpha value is -1.83. The van der Waals surface area contributed by atoms with Crippen LogP contribution >= 0.6 is 0 Å². The van der Waals surface area contributed by atoms with Gasteiger partial charge >= 0.3 is 18.0 Å². The Labute approximate surface area is 123 Å². The van der Waals surface area contributed by atoms with E-state index in [1.54, 1.807) is 14.0 Å². The normalized spacial score (nSPS) is 20.9. The molecule has 120 valence electrons. The Bertz CT molecular complexity index is 400. The van der Waals surface area contributed by atoms with E-state index in [-0.39, 0.29) is 32.2 Å². The Balaban J connectivity index is 2.67. The van der Waals surface area contributed by atoms with Crippen molar-refractivity contribution in [1.82, 2.24) is 9.80 Å². The summed E-state index contributed by atoms with van der Waals surface area (Å²) in [5, 5.41) is 9.16. The summed E-state index contributed by atoms with van der Waals surface area (Å²) in [5.41, 5.74) is 0. The van der Waals surface area contributed by atoms with E-state index in [9.17, 15) is 14.4 Å². The van der Waals surface area contributed by atoms with Gasteiger partial charge in [-0.25, -0.2) is 4.79 Å². The first-order chi connectivity index (χ1) is 9.92. The van der Waals surface area contributed by atoms with Crippen LogP contribution in [0.2, 0.25) is 0 Å². The number of urea groups is 1. The molecule has 0 radical (unpaired) electrons. The molecule has 1 aliphatic rings. The number of esters is 1. The number of nitrogens with zero attached hydrogens (tertiary/aromatic N) is 2. The third-order valence-electron chi connectivity index (χ3n) is 3.56. The van der Waals surface area contributed by atoms with E-state index in [0.29, 0.717) is 6.54 Å². The molecule has 0 aliphatic carbocycles. The van der Waals surface area contributed by atoms with Gasteiger partial charge in [-0.05, 0) is 6.92 Å². The molecule has 1 fully saturated rings. The van der Waals surface area contributed by atoms with Crippen LogP contribution in [0.4, 0.5) is 4.79 Å². The van der Waals surface area contributed by atoms with Crippen molar-refractivity contribution in [3.05, 3.63) is 0 Å². The number of amides is 2. The van der Waals surface area contributed by atoms with Crippen LogP contribution in [0.5, 0.6) is 0 Å². The Morgan fingerprint density at radius 2 is 2.00 bits per heavy atom. The van der Waals surface area contributed by atoms with Crippen LogP contribution < -0.4 is 0 Å². The molecular weight excluding hydrogens is 280 g/mol. The van der Waals surface area contributed by atoms with Gasteiger partial charge in [0.15, 0.2) is 0 Å². The minimum atomic E-state index is -0.971. The number of aliphatic carboxylic acids is 1. The summed E-state index contributed by atoms with van der Waals surface area (Å²) in [6.45, 7) is 2.69. The average Bonchev–Trinajstić information content (AvgIpc) is 2.94. The lowest BCUT2D eigenvalue weighted by Gasteiger charge is -2.32. The minimum absolute atomic E-state index is 0.0970. The summed E-state index contributed by atoms with van der Waals surface area (Å²) in [6, 6.07) is -0.802. The number of rotatable bonds is 6. The fourth-order valence-electron chi connectivity index (χ4n) is 2.27. The van der Waals surface area contributed by atoms with Crippen LogP contribution in [0.15, 0.2) is 0 Å². The van der Waals surface area contributed by atoms with Gasteiger partial charge in [-0.1, -0.05) is 0 Å². The number of likely N-dealkylation sites (N-methyl/N-ethyl adjacent to an activating group) is 1. The lowest BCUT2D eigenvalue weighted by Crippen LogP contribution is -2.51. The quantitative estimate of drug-likeness (QED) is 0.695. The monoisotopic (exact) mass is 302 g/mol. The van der Waals surface area contributed by atoms with Gasteiger partial charge in [-0.2, -0.15) is 0 Å². The average molecular weight is 302 g/mol. The number of carbonyl (C=O) groups is 3. The molecule has 2 amide bonds.